The van der Waals surface area contributed by atoms with Crippen LogP contribution in [0, 0.1) is 5.82 Å². The molecule has 0 amide bonds. The second-order valence-electron chi connectivity index (χ2n) is 5.58. The van der Waals surface area contributed by atoms with Crippen LogP contribution in [0.15, 0.2) is 24.3 Å². The van der Waals surface area contributed by atoms with Crippen LogP contribution in [0.5, 0.6) is 0 Å². The molecule has 0 aliphatic carbocycles. The van der Waals surface area contributed by atoms with E-state index in [9.17, 15) is 14.3 Å². The first-order valence-electron chi connectivity index (χ1n) is 6.47. The summed E-state index contributed by atoms with van der Waals surface area (Å²) in [5, 5.41) is 9.66. The van der Waals surface area contributed by atoms with Gasteiger partial charge in [-0.2, -0.15) is 0 Å². The topological polar surface area (TPSA) is 40.5 Å². The third-order valence-corrected chi connectivity index (χ3v) is 2.77. The molecule has 106 valence electrons. The van der Waals surface area contributed by atoms with Crippen LogP contribution < -0.4 is 0 Å². The van der Waals surface area contributed by atoms with Crippen LogP contribution in [-0.4, -0.2) is 41.5 Å². The molecule has 0 unspecified atom stereocenters. The number of benzene rings is 1. The molecule has 0 aliphatic heterocycles. The number of halogens is 1. The highest BCUT2D eigenvalue weighted by Crippen LogP contribution is 2.09. The zero-order valence-electron chi connectivity index (χ0n) is 11.8. The number of aliphatic hydroxyl groups is 1. The third kappa shape index (κ3) is 6.45. The molecule has 0 aliphatic rings. The number of likely N-dealkylation sites (N-methyl/N-ethyl adjacent to an activating group) is 1. The van der Waals surface area contributed by atoms with Gasteiger partial charge < -0.3 is 10.0 Å². The second-order valence-corrected chi connectivity index (χ2v) is 5.58. The lowest BCUT2D eigenvalue weighted by molar-refractivity contribution is 0.0442. The van der Waals surface area contributed by atoms with Gasteiger partial charge in [0.15, 0.2) is 5.78 Å². The van der Waals surface area contributed by atoms with E-state index in [0.717, 1.165) is 13.0 Å². The summed E-state index contributed by atoms with van der Waals surface area (Å²) in [5.74, 6) is -0.307. The Morgan fingerprint density at radius 2 is 1.89 bits per heavy atom. The lowest BCUT2D eigenvalue weighted by atomic mass is 10.1. The predicted octanol–water partition coefficient (Wildman–Crippen LogP) is 2.49. The number of carbonyl (C=O) groups is 1. The lowest BCUT2D eigenvalue weighted by Gasteiger charge is -2.25. The molecule has 1 rings (SSSR count). The molecule has 0 aromatic heterocycles. The highest BCUT2D eigenvalue weighted by Gasteiger charge is 2.15. The van der Waals surface area contributed by atoms with Crippen molar-refractivity contribution in [2.75, 3.05) is 20.1 Å². The van der Waals surface area contributed by atoms with Gasteiger partial charge in [-0.25, -0.2) is 4.39 Å². The Morgan fingerprint density at radius 1 is 1.32 bits per heavy atom. The van der Waals surface area contributed by atoms with Crippen LogP contribution in [-0.2, 0) is 0 Å². The van der Waals surface area contributed by atoms with Crippen LogP contribution in [0.4, 0.5) is 4.39 Å². The minimum Gasteiger partial charge on any atom is -0.389 e. The average molecular weight is 267 g/mol. The highest BCUT2D eigenvalue weighted by atomic mass is 19.1. The standard InChI is InChI=1S/C15H22FNO2/c1-15(2,19)11-17(3)10-4-5-14(18)12-6-8-13(16)9-7-12/h6-9,19H,4-5,10-11H2,1-3H3. The summed E-state index contributed by atoms with van der Waals surface area (Å²) >= 11 is 0. The Morgan fingerprint density at radius 3 is 2.42 bits per heavy atom. The average Bonchev–Trinajstić information content (AvgIpc) is 2.27. The highest BCUT2D eigenvalue weighted by molar-refractivity contribution is 5.95. The zero-order chi connectivity index (χ0) is 14.5. The molecule has 0 fully saturated rings. The molecule has 1 aromatic rings. The summed E-state index contributed by atoms with van der Waals surface area (Å²) < 4.78 is 12.7. The predicted molar refractivity (Wildman–Crippen MR) is 73.8 cm³/mol. The molecule has 0 saturated heterocycles. The summed E-state index contributed by atoms with van der Waals surface area (Å²) in [7, 11) is 1.92. The Bertz CT molecular complexity index is 409. The number of carbonyl (C=O) groups excluding carboxylic acids is 1. The molecule has 0 spiro atoms. The van der Waals surface area contributed by atoms with E-state index in [1.165, 1.54) is 24.3 Å². The molecule has 4 heteroatoms. The van der Waals surface area contributed by atoms with Crippen molar-refractivity contribution in [3.63, 3.8) is 0 Å². The van der Waals surface area contributed by atoms with E-state index in [-0.39, 0.29) is 11.6 Å². The number of nitrogens with zero attached hydrogens (tertiary/aromatic N) is 1. The summed E-state index contributed by atoms with van der Waals surface area (Å²) in [4.78, 5) is 13.8. The van der Waals surface area contributed by atoms with Gasteiger partial charge in [0, 0.05) is 18.5 Å². The van der Waals surface area contributed by atoms with E-state index in [1.807, 2.05) is 11.9 Å². The maximum Gasteiger partial charge on any atom is 0.162 e. The van der Waals surface area contributed by atoms with E-state index < -0.39 is 5.60 Å². The quantitative estimate of drug-likeness (QED) is 0.772. The van der Waals surface area contributed by atoms with Crippen LogP contribution in [0.2, 0.25) is 0 Å². The first-order valence-corrected chi connectivity index (χ1v) is 6.47. The minimum atomic E-state index is -0.726. The van der Waals surface area contributed by atoms with Gasteiger partial charge in [0.2, 0.25) is 0 Å². The van der Waals surface area contributed by atoms with Crippen LogP contribution in [0.3, 0.4) is 0 Å². The Balaban J connectivity index is 2.33. The first-order chi connectivity index (χ1) is 8.78. The van der Waals surface area contributed by atoms with E-state index in [0.29, 0.717) is 18.5 Å². The molecule has 19 heavy (non-hydrogen) atoms. The van der Waals surface area contributed by atoms with E-state index >= 15 is 0 Å². The van der Waals surface area contributed by atoms with Gasteiger partial charge in [-0.3, -0.25) is 4.79 Å². The van der Waals surface area contributed by atoms with Crippen molar-refractivity contribution in [2.45, 2.75) is 32.3 Å². The molecule has 0 heterocycles. The number of Topliss-reactive ketones (excluding diaryl/α,β-unsaturated/α-hetero) is 1. The van der Waals surface area contributed by atoms with Crippen molar-refractivity contribution in [3.8, 4) is 0 Å². The lowest BCUT2D eigenvalue weighted by Crippen LogP contribution is -2.36. The molecule has 0 radical (unpaired) electrons. The third-order valence-electron chi connectivity index (χ3n) is 2.77. The van der Waals surface area contributed by atoms with Crippen molar-refractivity contribution < 1.29 is 14.3 Å². The van der Waals surface area contributed by atoms with Gasteiger partial charge >= 0.3 is 0 Å². The number of hydrogen-bond acceptors (Lipinski definition) is 3. The summed E-state index contributed by atoms with van der Waals surface area (Å²) in [6.07, 6.45) is 1.16. The van der Waals surface area contributed by atoms with Crippen LogP contribution >= 0.6 is 0 Å². The maximum atomic E-state index is 12.7. The molecule has 3 nitrogen and oxygen atoms in total. The summed E-state index contributed by atoms with van der Waals surface area (Å²) in [5.41, 5.74) is -0.179. The summed E-state index contributed by atoms with van der Waals surface area (Å²) in [6, 6.07) is 5.62. The van der Waals surface area contributed by atoms with Crippen molar-refractivity contribution in [1.82, 2.24) is 4.90 Å². The van der Waals surface area contributed by atoms with Gasteiger partial charge in [-0.1, -0.05) is 0 Å². The van der Waals surface area contributed by atoms with Crippen molar-refractivity contribution in [2.24, 2.45) is 0 Å². The fourth-order valence-electron chi connectivity index (χ4n) is 2.03. The number of rotatable bonds is 7. The molecule has 0 saturated carbocycles. The molecule has 1 N–H and O–H groups in total. The van der Waals surface area contributed by atoms with Crippen molar-refractivity contribution >= 4 is 5.78 Å². The normalized spacial score (nSPS) is 11.9. The van der Waals surface area contributed by atoms with Gasteiger partial charge in [-0.15, -0.1) is 0 Å². The monoisotopic (exact) mass is 267 g/mol. The maximum absolute atomic E-state index is 12.7. The number of ketones is 1. The van der Waals surface area contributed by atoms with Gasteiger partial charge in [0.1, 0.15) is 5.82 Å². The van der Waals surface area contributed by atoms with Crippen LogP contribution in [0.1, 0.15) is 37.0 Å². The molecular formula is C15H22FNO2. The second kappa shape index (κ2) is 6.78. The van der Waals surface area contributed by atoms with Gasteiger partial charge in [-0.05, 0) is 58.1 Å². The summed E-state index contributed by atoms with van der Waals surface area (Å²) in [6.45, 7) is 4.83. The number of hydrogen-bond donors (Lipinski definition) is 1. The van der Waals surface area contributed by atoms with E-state index in [1.54, 1.807) is 13.8 Å². The fourth-order valence-corrected chi connectivity index (χ4v) is 2.03. The van der Waals surface area contributed by atoms with Crippen molar-refractivity contribution in [3.05, 3.63) is 35.6 Å². The SMILES string of the molecule is CN(CCCC(=O)c1ccc(F)cc1)CC(C)(C)O. The van der Waals surface area contributed by atoms with E-state index in [2.05, 4.69) is 0 Å². The minimum absolute atomic E-state index is 0.0247. The molecule has 0 bridgehead atoms. The smallest absolute Gasteiger partial charge is 0.162 e. The Labute approximate surface area is 114 Å². The molecular weight excluding hydrogens is 245 g/mol. The van der Waals surface area contributed by atoms with Gasteiger partial charge in [0.25, 0.3) is 0 Å². The molecule has 0 atom stereocenters. The van der Waals surface area contributed by atoms with Crippen LogP contribution in [0.25, 0.3) is 0 Å². The molecule has 1 aromatic carbocycles. The zero-order valence-corrected chi connectivity index (χ0v) is 11.8. The Hall–Kier alpha value is -1.26. The van der Waals surface area contributed by atoms with E-state index in [4.69, 9.17) is 0 Å². The van der Waals surface area contributed by atoms with Gasteiger partial charge in [0.05, 0.1) is 5.60 Å². The van der Waals surface area contributed by atoms with Crippen molar-refractivity contribution in [1.29, 1.82) is 0 Å². The largest absolute Gasteiger partial charge is 0.389 e. The Kier molecular flexibility index (Phi) is 5.63. The fraction of sp³-hybridized carbons (Fsp3) is 0.533. The first kappa shape index (κ1) is 15.8.